The number of hydrogen-bond donors (Lipinski definition) is 1. The topological polar surface area (TPSA) is 41.5 Å². The van der Waals surface area contributed by atoms with Crippen molar-refractivity contribution < 1.29 is 18.0 Å². The average Bonchev–Trinajstić information content (AvgIpc) is 2.84. The van der Waals surface area contributed by atoms with Crippen LogP contribution in [0.4, 0.5) is 13.2 Å². The van der Waals surface area contributed by atoms with Gasteiger partial charge in [0.05, 0.1) is 22.0 Å². The van der Waals surface area contributed by atoms with Crippen molar-refractivity contribution in [2.75, 3.05) is 0 Å². The summed E-state index contributed by atoms with van der Waals surface area (Å²) in [5, 5.41) is 3.77. The third-order valence-corrected chi connectivity index (χ3v) is 4.15. The Hall–Kier alpha value is -1.67. The molecule has 8 heteroatoms. The van der Waals surface area contributed by atoms with Crippen LogP contribution < -0.4 is 5.43 Å². The largest absolute Gasteiger partial charge is 0.416 e. The molecule has 0 saturated heterocycles. The Kier molecular flexibility index (Phi) is 5.36. The molecule has 0 aliphatic heterocycles. The fraction of sp³-hybridized carbons (Fsp3) is 0.143. The molecule has 1 heterocycles. The Labute approximate surface area is 137 Å². The van der Waals surface area contributed by atoms with E-state index in [2.05, 4.69) is 26.5 Å². The average molecular weight is 391 g/mol. The third-order valence-electron chi connectivity index (χ3n) is 2.59. The molecule has 0 aliphatic rings. The lowest BCUT2D eigenvalue weighted by Gasteiger charge is -2.08. The number of carbonyl (C=O) groups is 1. The van der Waals surface area contributed by atoms with Gasteiger partial charge in [-0.25, -0.2) is 5.43 Å². The summed E-state index contributed by atoms with van der Waals surface area (Å²) in [5.74, 6) is -0.480. The van der Waals surface area contributed by atoms with Gasteiger partial charge in [0.2, 0.25) is 5.91 Å². The van der Waals surface area contributed by atoms with Gasteiger partial charge in [0, 0.05) is 4.88 Å². The van der Waals surface area contributed by atoms with Gasteiger partial charge >= 0.3 is 6.18 Å². The summed E-state index contributed by atoms with van der Waals surface area (Å²) >= 11 is 4.74. The summed E-state index contributed by atoms with van der Waals surface area (Å²) in [4.78, 5) is 12.5. The first-order valence-corrected chi connectivity index (χ1v) is 7.69. The Balaban J connectivity index is 1.93. The van der Waals surface area contributed by atoms with E-state index in [9.17, 15) is 18.0 Å². The van der Waals surface area contributed by atoms with Crippen molar-refractivity contribution >= 4 is 39.4 Å². The number of carbonyl (C=O) groups excluding carboxylic acids is 1. The molecule has 0 spiro atoms. The molecule has 0 atom stereocenters. The number of halogens is 4. The van der Waals surface area contributed by atoms with E-state index in [1.165, 1.54) is 29.7 Å². The smallest absolute Gasteiger partial charge is 0.273 e. The minimum absolute atomic E-state index is 0.171. The van der Waals surface area contributed by atoms with E-state index >= 15 is 0 Å². The molecule has 0 radical (unpaired) electrons. The molecule has 2 rings (SSSR count). The van der Waals surface area contributed by atoms with E-state index in [0.717, 1.165) is 20.8 Å². The molecule has 0 saturated carbocycles. The maximum absolute atomic E-state index is 12.6. The van der Waals surface area contributed by atoms with Crippen molar-refractivity contribution in [3.05, 3.63) is 56.2 Å². The number of benzene rings is 1. The van der Waals surface area contributed by atoms with E-state index in [1.54, 1.807) is 0 Å². The maximum atomic E-state index is 12.6. The van der Waals surface area contributed by atoms with Crippen LogP contribution in [-0.4, -0.2) is 12.1 Å². The highest BCUT2D eigenvalue weighted by molar-refractivity contribution is 9.11. The SMILES string of the molecule is O=C(Cc1cccc(C(F)(F)F)c1)N/N=C/c1ccc(Br)s1. The molecule has 116 valence electrons. The highest BCUT2D eigenvalue weighted by Gasteiger charge is 2.30. The predicted molar refractivity (Wildman–Crippen MR) is 82.9 cm³/mol. The maximum Gasteiger partial charge on any atom is 0.416 e. The monoisotopic (exact) mass is 390 g/mol. The third kappa shape index (κ3) is 4.96. The molecule has 0 aliphatic carbocycles. The molecule has 0 unspecified atom stereocenters. The van der Waals surface area contributed by atoms with Crippen LogP contribution in [-0.2, 0) is 17.4 Å². The number of nitrogens with zero attached hydrogens (tertiary/aromatic N) is 1. The minimum atomic E-state index is -4.42. The van der Waals surface area contributed by atoms with E-state index in [-0.39, 0.29) is 12.0 Å². The number of rotatable bonds is 4. The first kappa shape index (κ1) is 16.7. The molecule has 0 bridgehead atoms. The van der Waals surface area contributed by atoms with E-state index in [4.69, 9.17) is 0 Å². The Bertz CT molecular complexity index is 697. The molecular weight excluding hydrogens is 381 g/mol. The molecule has 1 N–H and O–H groups in total. The zero-order chi connectivity index (χ0) is 16.2. The summed E-state index contributed by atoms with van der Waals surface area (Å²) in [6, 6.07) is 8.33. The van der Waals surface area contributed by atoms with Crippen molar-refractivity contribution in [2.24, 2.45) is 5.10 Å². The first-order valence-electron chi connectivity index (χ1n) is 6.08. The van der Waals surface area contributed by atoms with E-state index < -0.39 is 17.6 Å². The minimum Gasteiger partial charge on any atom is -0.273 e. The quantitative estimate of drug-likeness (QED) is 0.616. The summed E-state index contributed by atoms with van der Waals surface area (Å²) in [7, 11) is 0. The standard InChI is InChI=1S/C14H10BrF3N2OS/c15-12-5-4-11(22-12)8-19-20-13(21)7-9-2-1-3-10(6-9)14(16,17)18/h1-6,8H,7H2,(H,20,21)/b19-8+. The Morgan fingerprint density at radius 2 is 2.09 bits per heavy atom. The van der Waals surface area contributed by atoms with Crippen molar-refractivity contribution in [1.82, 2.24) is 5.43 Å². The number of hydrazone groups is 1. The van der Waals surface area contributed by atoms with Crippen LogP contribution in [0.1, 0.15) is 16.0 Å². The van der Waals surface area contributed by atoms with Crippen molar-refractivity contribution in [3.8, 4) is 0 Å². The highest BCUT2D eigenvalue weighted by atomic mass is 79.9. The van der Waals surface area contributed by atoms with Gasteiger partial charge < -0.3 is 0 Å². The zero-order valence-electron chi connectivity index (χ0n) is 11.0. The fourth-order valence-electron chi connectivity index (χ4n) is 1.65. The van der Waals surface area contributed by atoms with Gasteiger partial charge in [0.15, 0.2) is 0 Å². The number of nitrogens with one attached hydrogen (secondary N) is 1. The van der Waals surface area contributed by atoms with Gasteiger partial charge in [-0.05, 0) is 39.7 Å². The molecular formula is C14H10BrF3N2OS. The van der Waals surface area contributed by atoms with Crippen molar-refractivity contribution in [3.63, 3.8) is 0 Å². The van der Waals surface area contributed by atoms with Crippen LogP contribution in [0, 0.1) is 0 Å². The first-order chi connectivity index (χ1) is 10.3. The molecule has 2 aromatic rings. The fourth-order valence-corrected chi connectivity index (χ4v) is 2.94. The van der Waals surface area contributed by atoms with Crippen LogP contribution in [0.25, 0.3) is 0 Å². The normalized spacial score (nSPS) is 11.8. The summed E-state index contributed by atoms with van der Waals surface area (Å²) in [5.41, 5.74) is 1.79. The molecule has 3 nitrogen and oxygen atoms in total. The molecule has 22 heavy (non-hydrogen) atoms. The van der Waals surface area contributed by atoms with Gasteiger partial charge in [-0.2, -0.15) is 18.3 Å². The molecule has 0 fully saturated rings. The molecule has 1 aromatic carbocycles. The lowest BCUT2D eigenvalue weighted by molar-refractivity contribution is -0.137. The lowest BCUT2D eigenvalue weighted by atomic mass is 10.1. The summed E-state index contributed by atoms with van der Waals surface area (Å²) in [6.07, 6.45) is -3.12. The van der Waals surface area contributed by atoms with Crippen LogP contribution in [0.3, 0.4) is 0 Å². The van der Waals surface area contributed by atoms with Gasteiger partial charge in [0.1, 0.15) is 0 Å². The summed E-state index contributed by atoms with van der Waals surface area (Å²) in [6.45, 7) is 0. The van der Waals surface area contributed by atoms with Gasteiger partial charge in [-0.15, -0.1) is 11.3 Å². The second-order valence-corrected chi connectivity index (χ2v) is 6.80. The predicted octanol–water partition coefficient (Wildman–Crippen LogP) is 4.22. The van der Waals surface area contributed by atoms with E-state index in [1.807, 2.05) is 12.1 Å². The van der Waals surface area contributed by atoms with Crippen molar-refractivity contribution in [1.29, 1.82) is 0 Å². The lowest BCUT2D eigenvalue weighted by Crippen LogP contribution is -2.20. The van der Waals surface area contributed by atoms with Gasteiger partial charge in [-0.3, -0.25) is 4.79 Å². The highest BCUT2D eigenvalue weighted by Crippen LogP contribution is 2.29. The molecule has 1 aromatic heterocycles. The van der Waals surface area contributed by atoms with Crippen LogP contribution in [0.15, 0.2) is 45.3 Å². The van der Waals surface area contributed by atoms with Crippen LogP contribution in [0.2, 0.25) is 0 Å². The molecule has 1 amide bonds. The second-order valence-electron chi connectivity index (χ2n) is 4.31. The number of amides is 1. The second kappa shape index (κ2) is 7.06. The Morgan fingerprint density at radius 3 is 2.73 bits per heavy atom. The van der Waals surface area contributed by atoms with E-state index in [0.29, 0.717) is 0 Å². The Morgan fingerprint density at radius 1 is 1.32 bits per heavy atom. The van der Waals surface area contributed by atoms with Crippen LogP contribution in [0.5, 0.6) is 0 Å². The van der Waals surface area contributed by atoms with Gasteiger partial charge in [-0.1, -0.05) is 18.2 Å². The summed E-state index contributed by atoms with van der Waals surface area (Å²) < 4.78 is 38.6. The van der Waals surface area contributed by atoms with Crippen LogP contribution >= 0.6 is 27.3 Å². The number of alkyl halides is 3. The van der Waals surface area contributed by atoms with Gasteiger partial charge in [0.25, 0.3) is 0 Å². The zero-order valence-corrected chi connectivity index (χ0v) is 13.4. The van der Waals surface area contributed by atoms with Crippen molar-refractivity contribution in [2.45, 2.75) is 12.6 Å². The number of hydrogen-bond acceptors (Lipinski definition) is 3. The number of thiophene rings is 1.